The van der Waals surface area contributed by atoms with Crippen molar-refractivity contribution in [2.45, 2.75) is 37.1 Å². The van der Waals surface area contributed by atoms with Gasteiger partial charge in [-0.3, -0.25) is 4.79 Å². The first-order chi connectivity index (χ1) is 14.8. The third kappa shape index (κ3) is 4.65. The lowest BCUT2D eigenvalue weighted by Crippen LogP contribution is -2.47. The van der Waals surface area contributed by atoms with Crippen LogP contribution in [-0.4, -0.2) is 42.7 Å². The van der Waals surface area contributed by atoms with Crippen molar-refractivity contribution < 1.29 is 17.6 Å². The highest BCUT2D eigenvalue weighted by atomic mass is 32.2. The van der Waals surface area contributed by atoms with E-state index in [1.54, 1.807) is 0 Å². The van der Waals surface area contributed by atoms with Crippen molar-refractivity contribution >= 4 is 26.8 Å². The summed E-state index contributed by atoms with van der Waals surface area (Å²) in [7, 11) is -3.76. The Kier molecular flexibility index (Phi) is 6.11. The van der Waals surface area contributed by atoms with E-state index >= 15 is 0 Å². The summed E-state index contributed by atoms with van der Waals surface area (Å²) in [6, 6.07) is 12.7. The Morgan fingerprint density at radius 2 is 1.97 bits per heavy atom. The van der Waals surface area contributed by atoms with E-state index in [9.17, 15) is 17.6 Å². The van der Waals surface area contributed by atoms with Crippen molar-refractivity contribution in [1.29, 1.82) is 0 Å². The van der Waals surface area contributed by atoms with Gasteiger partial charge in [0, 0.05) is 36.2 Å². The minimum Gasteiger partial charge on any atom is -0.361 e. The van der Waals surface area contributed by atoms with E-state index in [4.69, 9.17) is 0 Å². The number of benzene rings is 2. The maximum absolute atomic E-state index is 13.2. The van der Waals surface area contributed by atoms with Crippen LogP contribution in [0, 0.1) is 11.7 Å². The van der Waals surface area contributed by atoms with Gasteiger partial charge in [0.05, 0.1) is 10.8 Å². The van der Waals surface area contributed by atoms with E-state index in [0.717, 1.165) is 28.6 Å². The van der Waals surface area contributed by atoms with Crippen molar-refractivity contribution in [3.05, 3.63) is 66.1 Å². The minimum absolute atomic E-state index is 0.0441. The number of rotatable bonds is 6. The average molecular weight is 444 g/mol. The molecular weight excluding hydrogens is 417 g/mol. The van der Waals surface area contributed by atoms with Crippen LogP contribution in [0.15, 0.2) is 59.6 Å². The monoisotopic (exact) mass is 443 g/mol. The van der Waals surface area contributed by atoms with Crippen LogP contribution in [0.1, 0.15) is 25.3 Å². The molecule has 164 valence electrons. The van der Waals surface area contributed by atoms with Crippen molar-refractivity contribution in [3.8, 4) is 0 Å². The van der Waals surface area contributed by atoms with E-state index in [0.29, 0.717) is 25.8 Å². The number of hydrogen-bond acceptors (Lipinski definition) is 3. The maximum atomic E-state index is 13.2. The van der Waals surface area contributed by atoms with Crippen molar-refractivity contribution in [3.63, 3.8) is 0 Å². The number of aromatic nitrogens is 1. The summed E-state index contributed by atoms with van der Waals surface area (Å²) in [4.78, 5) is 16.2. The topological polar surface area (TPSA) is 82.3 Å². The van der Waals surface area contributed by atoms with Gasteiger partial charge in [0.25, 0.3) is 0 Å². The standard InChI is InChI=1S/C23H26FN3O3S/c1-16(13-18-14-25-22-7-3-2-6-21(18)22)26-23(28)17-5-4-12-27(15-17)31(29,30)20-10-8-19(24)9-11-20/h2-3,6-11,14,16-17,25H,4-5,12-13,15H2,1H3,(H,26,28)/t16-,17+/m0/s1. The van der Waals surface area contributed by atoms with E-state index in [-0.39, 0.29) is 23.4 Å². The summed E-state index contributed by atoms with van der Waals surface area (Å²) < 4.78 is 40.3. The number of carbonyl (C=O) groups excluding carboxylic acids is 1. The van der Waals surface area contributed by atoms with Crippen molar-refractivity contribution in [2.75, 3.05) is 13.1 Å². The summed E-state index contributed by atoms with van der Waals surface area (Å²) in [6.45, 7) is 2.44. The summed E-state index contributed by atoms with van der Waals surface area (Å²) in [5.41, 5.74) is 2.19. The molecule has 1 aliphatic heterocycles. The van der Waals surface area contributed by atoms with Gasteiger partial charge in [0.1, 0.15) is 5.82 Å². The highest BCUT2D eigenvalue weighted by molar-refractivity contribution is 7.89. The second kappa shape index (κ2) is 8.80. The van der Waals surface area contributed by atoms with Gasteiger partial charge < -0.3 is 10.3 Å². The second-order valence-electron chi connectivity index (χ2n) is 8.13. The molecule has 6 nitrogen and oxygen atoms in total. The van der Waals surface area contributed by atoms with Crippen LogP contribution in [0.3, 0.4) is 0 Å². The zero-order chi connectivity index (χ0) is 22.0. The van der Waals surface area contributed by atoms with Crippen LogP contribution in [-0.2, 0) is 21.2 Å². The first-order valence-corrected chi connectivity index (χ1v) is 11.9. The summed E-state index contributed by atoms with van der Waals surface area (Å²) in [5, 5.41) is 4.18. The lowest BCUT2D eigenvalue weighted by molar-refractivity contribution is -0.126. The molecule has 3 aromatic rings. The molecule has 1 aliphatic rings. The Hall–Kier alpha value is -2.71. The van der Waals surface area contributed by atoms with Crippen LogP contribution >= 0.6 is 0 Å². The third-order valence-corrected chi connectivity index (χ3v) is 7.68. The molecule has 2 aromatic carbocycles. The molecule has 1 aromatic heterocycles. The summed E-state index contributed by atoms with van der Waals surface area (Å²) >= 11 is 0. The molecule has 8 heteroatoms. The number of carbonyl (C=O) groups is 1. The Labute approximate surface area is 181 Å². The number of amides is 1. The summed E-state index contributed by atoms with van der Waals surface area (Å²) in [6.07, 6.45) is 3.89. The number of nitrogens with one attached hydrogen (secondary N) is 2. The second-order valence-corrected chi connectivity index (χ2v) is 10.1. The zero-order valence-electron chi connectivity index (χ0n) is 17.3. The van der Waals surface area contributed by atoms with Gasteiger partial charge in [0.15, 0.2) is 0 Å². The van der Waals surface area contributed by atoms with Crippen LogP contribution in [0.2, 0.25) is 0 Å². The molecule has 2 heterocycles. The molecule has 1 saturated heterocycles. The number of sulfonamides is 1. The first-order valence-electron chi connectivity index (χ1n) is 10.5. The van der Waals surface area contributed by atoms with Crippen molar-refractivity contribution in [1.82, 2.24) is 14.6 Å². The van der Waals surface area contributed by atoms with Crippen molar-refractivity contribution in [2.24, 2.45) is 5.92 Å². The first kappa shape index (κ1) is 21.5. The number of para-hydroxylation sites is 1. The van der Waals surface area contributed by atoms with Crippen LogP contribution in [0.4, 0.5) is 4.39 Å². The lowest BCUT2D eigenvalue weighted by Gasteiger charge is -2.31. The molecule has 4 rings (SSSR count). The highest BCUT2D eigenvalue weighted by Gasteiger charge is 2.33. The molecule has 0 radical (unpaired) electrons. The largest absolute Gasteiger partial charge is 0.361 e. The number of hydrogen-bond donors (Lipinski definition) is 2. The van der Waals surface area contributed by atoms with E-state index in [1.807, 2.05) is 31.3 Å². The number of aromatic amines is 1. The lowest BCUT2D eigenvalue weighted by atomic mass is 9.98. The van der Waals surface area contributed by atoms with Gasteiger partial charge in [-0.05, 0) is 62.1 Å². The Bertz CT molecular complexity index is 1170. The van der Waals surface area contributed by atoms with Gasteiger partial charge in [-0.1, -0.05) is 18.2 Å². The highest BCUT2D eigenvalue weighted by Crippen LogP contribution is 2.25. The van der Waals surface area contributed by atoms with Gasteiger partial charge in [-0.2, -0.15) is 4.31 Å². The number of halogens is 1. The van der Waals surface area contributed by atoms with E-state index in [1.165, 1.54) is 16.4 Å². The third-order valence-electron chi connectivity index (χ3n) is 5.80. The molecule has 0 unspecified atom stereocenters. The van der Waals surface area contributed by atoms with Gasteiger partial charge in [0.2, 0.25) is 15.9 Å². The molecular formula is C23H26FN3O3S. The number of piperidine rings is 1. The maximum Gasteiger partial charge on any atom is 0.243 e. The molecule has 31 heavy (non-hydrogen) atoms. The Balaban J connectivity index is 1.39. The molecule has 0 spiro atoms. The van der Waals surface area contributed by atoms with Crippen LogP contribution < -0.4 is 5.32 Å². The fourth-order valence-corrected chi connectivity index (χ4v) is 5.70. The average Bonchev–Trinajstić information content (AvgIpc) is 3.17. The van der Waals surface area contributed by atoms with E-state index < -0.39 is 21.8 Å². The van der Waals surface area contributed by atoms with Gasteiger partial charge in [-0.25, -0.2) is 12.8 Å². The normalized spacial score (nSPS) is 18.7. The van der Waals surface area contributed by atoms with Gasteiger partial charge >= 0.3 is 0 Å². The van der Waals surface area contributed by atoms with Gasteiger partial charge in [-0.15, -0.1) is 0 Å². The number of fused-ring (bicyclic) bond motifs is 1. The van der Waals surface area contributed by atoms with Crippen LogP contribution in [0.5, 0.6) is 0 Å². The van der Waals surface area contributed by atoms with E-state index in [2.05, 4.69) is 16.4 Å². The smallest absolute Gasteiger partial charge is 0.243 e. The number of H-pyrrole nitrogens is 1. The Morgan fingerprint density at radius 1 is 1.23 bits per heavy atom. The molecule has 0 saturated carbocycles. The minimum atomic E-state index is -3.76. The zero-order valence-corrected chi connectivity index (χ0v) is 18.2. The fraction of sp³-hybridized carbons (Fsp3) is 0.348. The quantitative estimate of drug-likeness (QED) is 0.612. The molecule has 1 fully saturated rings. The fourth-order valence-electron chi connectivity index (χ4n) is 4.17. The Morgan fingerprint density at radius 3 is 2.74 bits per heavy atom. The van der Waals surface area contributed by atoms with Crippen LogP contribution in [0.25, 0.3) is 10.9 Å². The predicted molar refractivity (Wildman–Crippen MR) is 117 cm³/mol. The molecule has 2 N–H and O–H groups in total. The molecule has 1 amide bonds. The molecule has 0 aliphatic carbocycles. The SMILES string of the molecule is C[C@@H](Cc1c[nH]c2ccccc12)NC(=O)[C@@H]1CCCN(S(=O)(=O)c2ccc(F)cc2)C1. The number of nitrogens with zero attached hydrogens (tertiary/aromatic N) is 1. The molecule has 0 bridgehead atoms. The summed E-state index contributed by atoms with van der Waals surface area (Å²) in [5.74, 6) is -1.03. The molecule has 2 atom stereocenters. The predicted octanol–water partition coefficient (Wildman–Crippen LogP) is 3.46.